The van der Waals surface area contributed by atoms with E-state index in [0.29, 0.717) is 6.04 Å². The Bertz CT molecular complexity index is 313. The van der Waals surface area contributed by atoms with Gasteiger partial charge in [0, 0.05) is 25.0 Å². The van der Waals surface area contributed by atoms with Crippen LogP contribution in [-0.2, 0) is 6.54 Å². The maximum atomic E-state index is 4.16. The number of hydrogen-bond donors (Lipinski definition) is 1. The lowest BCUT2D eigenvalue weighted by Gasteiger charge is -2.20. The van der Waals surface area contributed by atoms with E-state index in [4.69, 9.17) is 0 Å². The number of nitrogens with one attached hydrogen (secondary N) is 1. The van der Waals surface area contributed by atoms with Gasteiger partial charge in [-0.05, 0) is 57.5 Å². The van der Waals surface area contributed by atoms with Gasteiger partial charge in [-0.2, -0.15) is 0 Å². The third kappa shape index (κ3) is 7.28. The van der Waals surface area contributed by atoms with Crippen LogP contribution in [0, 0.1) is 0 Å². The van der Waals surface area contributed by atoms with Gasteiger partial charge in [0.1, 0.15) is 0 Å². The Morgan fingerprint density at radius 1 is 1.37 bits per heavy atom. The minimum absolute atomic E-state index is 0.687. The zero-order chi connectivity index (χ0) is 13.9. The van der Waals surface area contributed by atoms with E-state index in [9.17, 15) is 0 Å². The summed E-state index contributed by atoms with van der Waals surface area (Å²) >= 11 is 0. The Morgan fingerprint density at radius 3 is 2.84 bits per heavy atom. The first kappa shape index (κ1) is 16.1. The summed E-state index contributed by atoms with van der Waals surface area (Å²) in [6, 6.07) is 4.83. The molecule has 1 rings (SSSR count). The van der Waals surface area contributed by atoms with Crippen LogP contribution in [0.3, 0.4) is 0 Å². The van der Waals surface area contributed by atoms with Crippen molar-refractivity contribution in [2.45, 2.75) is 52.1 Å². The van der Waals surface area contributed by atoms with E-state index >= 15 is 0 Å². The van der Waals surface area contributed by atoms with Crippen LogP contribution in [0.2, 0.25) is 0 Å². The first-order valence-electron chi connectivity index (χ1n) is 7.57. The fourth-order valence-corrected chi connectivity index (χ4v) is 2.29. The molecule has 0 fully saturated rings. The first-order chi connectivity index (χ1) is 9.26. The largest absolute Gasteiger partial charge is 0.314 e. The number of nitrogens with zero attached hydrogens (tertiary/aromatic N) is 2. The molecule has 0 spiro atoms. The summed E-state index contributed by atoms with van der Waals surface area (Å²) in [4.78, 5) is 6.54. The Hall–Kier alpha value is -0.930. The molecule has 1 N–H and O–H groups in total. The smallest absolute Gasteiger partial charge is 0.0312 e. The monoisotopic (exact) mass is 263 g/mol. The molecule has 0 aromatic carbocycles. The zero-order valence-electron chi connectivity index (χ0n) is 12.7. The number of aromatic nitrogens is 1. The summed E-state index contributed by atoms with van der Waals surface area (Å²) < 4.78 is 0. The molecule has 1 aromatic heterocycles. The number of hydrogen-bond acceptors (Lipinski definition) is 3. The average Bonchev–Trinajstić information content (AvgIpc) is 2.43. The van der Waals surface area contributed by atoms with Gasteiger partial charge in [0.2, 0.25) is 0 Å². The van der Waals surface area contributed by atoms with Crippen LogP contribution < -0.4 is 5.32 Å². The quantitative estimate of drug-likeness (QED) is 0.703. The van der Waals surface area contributed by atoms with Crippen LogP contribution in [0.15, 0.2) is 24.5 Å². The molecule has 1 heterocycles. The molecule has 108 valence electrons. The van der Waals surface area contributed by atoms with Crippen molar-refractivity contribution in [1.82, 2.24) is 15.2 Å². The molecule has 3 heteroatoms. The maximum absolute atomic E-state index is 4.16. The number of pyridine rings is 1. The second kappa shape index (κ2) is 9.93. The van der Waals surface area contributed by atoms with Crippen LogP contribution in [0.5, 0.6) is 0 Å². The van der Waals surface area contributed by atoms with Gasteiger partial charge in [-0.15, -0.1) is 0 Å². The van der Waals surface area contributed by atoms with E-state index < -0.39 is 0 Å². The minimum Gasteiger partial charge on any atom is -0.314 e. The van der Waals surface area contributed by atoms with E-state index in [-0.39, 0.29) is 0 Å². The predicted molar refractivity (Wildman–Crippen MR) is 82.2 cm³/mol. The van der Waals surface area contributed by atoms with Gasteiger partial charge in [-0.25, -0.2) is 0 Å². The van der Waals surface area contributed by atoms with Gasteiger partial charge in [0.25, 0.3) is 0 Å². The summed E-state index contributed by atoms with van der Waals surface area (Å²) in [6.45, 7) is 7.78. The van der Waals surface area contributed by atoms with Crippen molar-refractivity contribution in [2.75, 3.05) is 20.1 Å². The van der Waals surface area contributed by atoms with E-state index in [1.165, 1.54) is 31.2 Å². The maximum Gasteiger partial charge on any atom is 0.0312 e. The summed E-state index contributed by atoms with van der Waals surface area (Å²) in [5, 5.41) is 3.61. The molecule has 0 saturated heterocycles. The first-order valence-corrected chi connectivity index (χ1v) is 7.57. The molecule has 0 saturated carbocycles. The van der Waals surface area contributed by atoms with Crippen LogP contribution in [-0.4, -0.2) is 36.1 Å². The highest BCUT2D eigenvalue weighted by Crippen LogP contribution is 2.05. The third-order valence-corrected chi connectivity index (χ3v) is 3.44. The van der Waals surface area contributed by atoms with Crippen LogP contribution >= 0.6 is 0 Å². The van der Waals surface area contributed by atoms with Gasteiger partial charge in [0.05, 0.1) is 0 Å². The lowest BCUT2D eigenvalue weighted by Crippen LogP contribution is -2.30. The van der Waals surface area contributed by atoms with Crippen molar-refractivity contribution >= 4 is 0 Å². The van der Waals surface area contributed by atoms with Gasteiger partial charge >= 0.3 is 0 Å². The second-order valence-corrected chi connectivity index (χ2v) is 5.30. The molecule has 1 atom stereocenters. The van der Waals surface area contributed by atoms with Crippen LogP contribution in [0.4, 0.5) is 0 Å². The lowest BCUT2D eigenvalue weighted by atomic mass is 10.1. The van der Waals surface area contributed by atoms with E-state index in [1.807, 2.05) is 18.5 Å². The van der Waals surface area contributed by atoms with Crippen molar-refractivity contribution < 1.29 is 0 Å². The van der Waals surface area contributed by atoms with Crippen molar-refractivity contribution in [3.8, 4) is 0 Å². The molecule has 0 radical (unpaired) electrons. The van der Waals surface area contributed by atoms with Crippen molar-refractivity contribution in [3.63, 3.8) is 0 Å². The van der Waals surface area contributed by atoms with E-state index in [2.05, 4.69) is 42.2 Å². The molecule has 0 aliphatic rings. The molecular formula is C16H29N3. The Labute approximate surface area is 118 Å². The minimum atomic E-state index is 0.687. The Morgan fingerprint density at radius 2 is 2.21 bits per heavy atom. The molecule has 0 amide bonds. The molecule has 0 aliphatic carbocycles. The molecule has 3 nitrogen and oxygen atoms in total. The highest BCUT2D eigenvalue weighted by atomic mass is 15.1. The SMILES string of the molecule is CCCNC(CC)CCCN(C)Cc1cccnc1. The van der Waals surface area contributed by atoms with E-state index in [1.54, 1.807) is 0 Å². The second-order valence-electron chi connectivity index (χ2n) is 5.30. The fourth-order valence-electron chi connectivity index (χ4n) is 2.29. The summed E-state index contributed by atoms with van der Waals surface area (Å²) in [5.74, 6) is 0. The van der Waals surface area contributed by atoms with Crippen LogP contribution in [0.1, 0.15) is 45.1 Å². The fraction of sp³-hybridized carbons (Fsp3) is 0.688. The third-order valence-electron chi connectivity index (χ3n) is 3.44. The summed E-state index contributed by atoms with van der Waals surface area (Å²) in [5.41, 5.74) is 1.29. The van der Waals surface area contributed by atoms with Crippen LogP contribution in [0.25, 0.3) is 0 Å². The normalized spacial score (nSPS) is 12.8. The highest BCUT2D eigenvalue weighted by molar-refractivity contribution is 5.07. The predicted octanol–water partition coefficient (Wildman–Crippen LogP) is 3.07. The molecule has 0 bridgehead atoms. The Balaban J connectivity index is 2.17. The van der Waals surface area contributed by atoms with Gasteiger partial charge in [-0.1, -0.05) is 19.9 Å². The van der Waals surface area contributed by atoms with Crippen molar-refractivity contribution in [1.29, 1.82) is 0 Å². The van der Waals surface area contributed by atoms with Gasteiger partial charge in [-0.3, -0.25) is 4.98 Å². The van der Waals surface area contributed by atoms with Crippen molar-refractivity contribution in [3.05, 3.63) is 30.1 Å². The average molecular weight is 263 g/mol. The summed E-state index contributed by atoms with van der Waals surface area (Å²) in [7, 11) is 2.19. The molecule has 1 aromatic rings. The molecule has 0 aliphatic heterocycles. The van der Waals surface area contributed by atoms with Gasteiger partial charge < -0.3 is 10.2 Å². The standard InChI is InChI=1S/C16H29N3/c1-4-10-18-16(5-2)9-7-12-19(3)14-15-8-6-11-17-13-15/h6,8,11,13,16,18H,4-5,7,9-10,12,14H2,1-3H3. The number of rotatable bonds is 10. The molecule has 1 unspecified atom stereocenters. The highest BCUT2D eigenvalue weighted by Gasteiger charge is 2.06. The zero-order valence-corrected chi connectivity index (χ0v) is 12.7. The molecular weight excluding hydrogens is 234 g/mol. The summed E-state index contributed by atoms with van der Waals surface area (Å²) in [6.07, 6.45) is 8.76. The molecule has 19 heavy (non-hydrogen) atoms. The van der Waals surface area contributed by atoms with E-state index in [0.717, 1.165) is 19.6 Å². The van der Waals surface area contributed by atoms with Gasteiger partial charge in [0.15, 0.2) is 0 Å². The Kier molecular flexibility index (Phi) is 8.43. The lowest BCUT2D eigenvalue weighted by molar-refractivity contribution is 0.307. The van der Waals surface area contributed by atoms with Crippen molar-refractivity contribution in [2.24, 2.45) is 0 Å². The topological polar surface area (TPSA) is 28.2 Å².